The van der Waals surface area contributed by atoms with Crippen LogP contribution >= 0.6 is 15.9 Å². The maximum atomic E-state index is 12.2. The van der Waals surface area contributed by atoms with E-state index in [4.69, 9.17) is 5.84 Å². The van der Waals surface area contributed by atoms with Gasteiger partial charge in [-0.15, -0.1) is 0 Å². The summed E-state index contributed by atoms with van der Waals surface area (Å²) < 4.78 is 27.4. The van der Waals surface area contributed by atoms with Crippen LogP contribution in [0.1, 0.15) is 0 Å². The number of nitrogen functional groups attached to an aromatic ring is 1. The van der Waals surface area contributed by atoms with Gasteiger partial charge in [-0.1, -0.05) is 0 Å². The molecule has 0 unspecified atom stereocenters. The number of hydrazine groups is 1. The predicted octanol–water partition coefficient (Wildman–Crippen LogP) is 1.33. The summed E-state index contributed by atoms with van der Waals surface area (Å²) in [5.41, 5.74) is 2.60. The number of nitrogens with one attached hydrogen (secondary N) is 2. The summed E-state index contributed by atoms with van der Waals surface area (Å²) >= 11 is 3.17. The van der Waals surface area contributed by atoms with Gasteiger partial charge in [0, 0.05) is 16.9 Å². The van der Waals surface area contributed by atoms with Gasteiger partial charge in [-0.3, -0.25) is 9.71 Å². The molecule has 0 saturated carbocycles. The third-order valence-corrected chi connectivity index (χ3v) is 3.99. The van der Waals surface area contributed by atoms with E-state index in [-0.39, 0.29) is 10.7 Å². The first-order valence-electron chi connectivity index (χ1n) is 5.08. The zero-order chi connectivity index (χ0) is 13.9. The molecule has 0 saturated heterocycles. The number of hydrogen-bond donors (Lipinski definition) is 3. The van der Waals surface area contributed by atoms with E-state index in [1.807, 2.05) is 0 Å². The van der Waals surface area contributed by atoms with Gasteiger partial charge in [0.15, 0.2) is 5.82 Å². The molecule has 2 rings (SSSR count). The Bertz CT molecular complexity index is 678. The summed E-state index contributed by atoms with van der Waals surface area (Å²) in [6, 6.07) is 4.62. The van der Waals surface area contributed by atoms with Crippen molar-refractivity contribution in [1.82, 2.24) is 9.97 Å². The molecule has 0 fully saturated rings. The van der Waals surface area contributed by atoms with Crippen molar-refractivity contribution in [3.63, 3.8) is 0 Å². The van der Waals surface area contributed by atoms with Crippen LogP contribution in [0.25, 0.3) is 0 Å². The summed E-state index contributed by atoms with van der Waals surface area (Å²) in [5, 5.41) is 0. The minimum atomic E-state index is -3.80. The number of rotatable bonds is 4. The lowest BCUT2D eigenvalue weighted by atomic mass is 10.4. The van der Waals surface area contributed by atoms with Crippen molar-refractivity contribution in [3.8, 4) is 0 Å². The molecule has 0 aliphatic heterocycles. The zero-order valence-electron chi connectivity index (χ0n) is 9.54. The predicted molar refractivity (Wildman–Crippen MR) is 74.8 cm³/mol. The van der Waals surface area contributed by atoms with Gasteiger partial charge in [0.2, 0.25) is 0 Å². The number of anilines is 2. The summed E-state index contributed by atoms with van der Waals surface area (Å²) in [7, 11) is -3.80. The normalized spacial score (nSPS) is 11.1. The number of hydrogen-bond acceptors (Lipinski definition) is 6. The van der Waals surface area contributed by atoms with Gasteiger partial charge in [-0.2, -0.15) is 0 Å². The molecular formula is C10H10BrN5O2S. The highest BCUT2D eigenvalue weighted by Gasteiger charge is 2.20. The second-order valence-electron chi connectivity index (χ2n) is 3.49. The third kappa shape index (κ3) is 3.19. The standard InChI is InChI=1S/C10H10BrN5O2S/c11-7-4-9(10(15-12)14-5-7)19(17,18)16-8-2-1-3-13-6-8/h1-6,16H,12H2,(H,14,15). The van der Waals surface area contributed by atoms with Gasteiger partial charge >= 0.3 is 0 Å². The lowest BCUT2D eigenvalue weighted by Gasteiger charge is -2.11. The lowest BCUT2D eigenvalue weighted by molar-refractivity contribution is 0.601. The van der Waals surface area contributed by atoms with Crippen LogP contribution in [0.2, 0.25) is 0 Å². The van der Waals surface area contributed by atoms with Crippen LogP contribution in [-0.4, -0.2) is 18.4 Å². The Morgan fingerprint density at radius 3 is 2.74 bits per heavy atom. The molecule has 0 bridgehead atoms. The van der Waals surface area contributed by atoms with E-state index >= 15 is 0 Å². The van der Waals surface area contributed by atoms with Crippen molar-refractivity contribution in [2.45, 2.75) is 4.90 Å². The molecule has 0 aliphatic rings. The topological polar surface area (TPSA) is 110 Å². The first kappa shape index (κ1) is 13.7. The van der Waals surface area contributed by atoms with Crippen molar-refractivity contribution < 1.29 is 8.42 Å². The molecule has 2 aromatic heterocycles. The van der Waals surface area contributed by atoms with Crippen LogP contribution in [0.5, 0.6) is 0 Å². The van der Waals surface area contributed by atoms with Crippen LogP contribution in [0.15, 0.2) is 46.2 Å². The highest BCUT2D eigenvalue weighted by molar-refractivity contribution is 9.10. The van der Waals surface area contributed by atoms with Gasteiger partial charge < -0.3 is 5.43 Å². The van der Waals surface area contributed by atoms with Gasteiger partial charge in [0.1, 0.15) is 4.90 Å². The van der Waals surface area contributed by atoms with E-state index in [1.54, 1.807) is 18.3 Å². The molecule has 2 heterocycles. The van der Waals surface area contributed by atoms with Crippen molar-refractivity contribution in [2.24, 2.45) is 5.84 Å². The highest BCUT2D eigenvalue weighted by Crippen LogP contribution is 2.24. The Kier molecular flexibility index (Phi) is 3.98. The third-order valence-electron chi connectivity index (χ3n) is 2.16. The van der Waals surface area contributed by atoms with Crippen LogP contribution in [0.3, 0.4) is 0 Å². The molecule has 9 heteroatoms. The molecule has 0 atom stereocenters. The fraction of sp³-hybridized carbons (Fsp3) is 0. The van der Waals surface area contributed by atoms with Crippen molar-refractivity contribution in [3.05, 3.63) is 41.3 Å². The second kappa shape index (κ2) is 5.51. The van der Waals surface area contributed by atoms with E-state index in [9.17, 15) is 8.42 Å². The van der Waals surface area contributed by atoms with Crippen molar-refractivity contribution >= 4 is 37.5 Å². The average Bonchev–Trinajstić information content (AvgIpc) is 2.39. The molecule has 7 nitrogen and oxygen atoms in total. The second-order valence-corrected chi connectivity index (χ2v) is 6.06. The van der Waals surface area contributed by atoms with Crippen LogP contribution in [0, 0.1) is 0 Å². The number of nitrogens with two attached hydrogens (primary N) is 1. The number of nitrogens with zero attached hydrogens (tertiary/aromatic N) is 2. The molecule has 0 spiro atoms. The molecule has 0 aliphatic carbocycles. The Morgan fingerprint density at radius 1 is 1.32 bits per heavy atom. The highest BCUT2D eigenvalue weighted by atomic mass is 79.9. The maximum Gasteiger partial charge on any atom is 0.265 e. The lowest BCUT2D eigenvalue weighted by Crippen LogP contribution is -2.18. The van der Waals surface area contributed by atoms with E-state index < -0.39 is 10.0 Å². The smallest absolute Gasteiger partial charge is 0.265 e. The molecule has 0 radical (unpaired) electrons. The Labute approximate surface area is 118 Å². The largest absolute Gasteiger partial charge is 0.307 e. The first-order chi connectivity index (χ1) is 9.03. The number of sulfonamides is 1. The summed E-state index contributed by atoms with van der Waals surface area (Å²) in [4.78, 5) is 7.66. The molecule has 19 heavy (non-hydrogen) atoms. The van der Waals surface area contributed by atoms with Crippen molar-refractivity contribution in [2.75, 3.05) is 10.1 Å². The molecule has 100 valence electrons. The van der Waals surface area contributed by atoms with Gasteiger partial charge in [0.05, 0.1) is 11.9 Å². The Hall–Kier alpha value is -1.71. The van der Waals surface area contributed by atoms with Crippen LogP contribution in [0.4, 0.5) is 11.5 Å². The summed E-state index contributed by atoms with van der Waals surface area (Å²) in [5.74, 6) is 5.31. The minimum Gasteiger partial charge on any atom is -0.307 e. The number of halogens is 1. The minimum absolute atomic E-state index is 0.0552. The van der Waals surface area contributed by atoms with Gasteiger partial charge in [-0.25, -0.2) is 19.2 Å². The molecular weight excluding hydrogens is 334 g/mol. The first-order valence-corrected chi connectivity index (χ1v) is 7.35. The van der Waals surface area contributed by atoms with Crippen LogP contribution < -0.4 is 16.0 Å². The van der Waals surface area contributed by atoms with E-state index in [2.05, 4.69) is 36.0 Å². The van der Waals surface area contributed by atoms with Crippen molar-refractivity contribution in [1.29, 1.82) is 0 Å². The molecule has 2 aromatic rings. The Balaban J connectivity index is 2.42. The maximum absolute atomic E-state index is 12.2. The van der Waals surface area contributed by atoms with Gasteiger partial charge in [0.25, 0.3) is 10.0 Å². The fourth-order valence-corrected chi connectivity index (χ4v) is 3.04. The molecule has 0 amide bonds. The van der Waals surface area contributed by atoms with Gasteiger partial charge in [-0.05, 0) is 34.1 Å². The van der Waals surface area contributed by atoms with E-state index in [0.29, 0.717) is 10.2 Å². The van der Waals surface area contributed by atoms with Crippen LogP contribution in [-0.2, 0) is 10.0 Å². The SMILES string of the molecule is NNc1ncc(Br)cc1S(=O)(=O)Nc1cccnc1. The fourth-order valence-electron chi connectivity index (χ4n) is 1.37. The molecule has 0 aromatic carbocycles. The quantitative estimate of drug-likeness (QED) is 0.570. The summed E-state index contributed by atoms with van der Waals surface area (Å²) in [6.07, 6.45) is 4.39. The summed E-state index contributed by atoms with van der Waals surface area (Å²) in [6.45, 7) is 0. The monoisotopic (exact) mass is 343 g/mol. The zero-order valence-corrected chi connectivity index (χ0v) is 11.9. The molecule has 4 N–H and O–H groups in total. The van der Waals surface area contributed by atoms with E-state index in [1.165, 1.54) is 18.5 Å². The number of aromatic nitrogens is 2. The average molecular weight is 344 g/mol. The van der Waals surface area contributed by atoms with E-state index in [0.717, 1.165) is 0 Å². The Morgan fingerprint density at radius 2 is 2.11 bits per heavy atom. The number of pyridine rings is 2.